The summed E-state index contributed by atoms with van der Waals surface area (Å²) in [6.07, 6.45) is 4.91. The van der Waals surface area contributed by atoms with E-state index in [9.17, 15) is 0 Å². The van der Waals surface area contributed by atoms with E-state index in [2.05, 4.69) is 6.08 Å². The van der Waals surface area contributed by atoms with Crippen LogP contribution in [0, 0.1) is 0 Å². The van der Waals surface area contributed by atoms with Crippen molar-refractivity contribution in [2.45, 2.75) is 12.7 Å². The highest BCUT2D eigenvalue weighted by molar-refractivity contribution is 4.88. The molecule has 46 valence electrons. The van der Waals surface area contributed by atoms with E-state index in [0.29, 0.717) is 0 Å². The predicted octanol–water partition coefficient (Wildman–Crippen LogP) is 0.935. The van der Waals surface area contributed by atoms with E-state index in [1.54, 1.807) is 7.11 Å². The molecule has 0 spiro atoms. The van der Waals surface area contributed by atoms with Crippen LogP contribution in [0.4, 0.5) is 0 Å². The Labute approximate surface area is 49.1 Å². The lowest BCUT2D eigenvalue weighted by Gasteiger charge is -2.14. The fourth-order valence-corrected chi connectivity index (χ4v) is 0.662. The highest BCUT2D eigenvalue weighted by atomic mass is 16.7. The molecule has 0 aromatic heterocycles. The topological polar surface area (TPSA) is 18.5 Å². The molecule has 0 saturated carbocycles. The van der Waals surface area contributed by atoms with Gasteiger partial charge in [-0.15, -0.1) is 0 Å². The van der Waals surface area contributed by atoms with Crippen molar-refractivity contribution in [3.63, 3.8) is 0 Å². The van der Waals surface area contributed by atoms with E-state index in [0.717, 1.165) is 13.0 Å². The Kier molecular flexibility index (Phi) is 2.06. The van der Waals surface area contributed by atoms with E-state index in [1.165, 1.54) is 0 Å². The van der Waals surface area contributed by atoms with Gasteiger partial charge in [-0.3, -0.25) is 0 Å². The number of hydrogen-bond acceptors (Lipinski definition) is 2. The number of methoxy groups -OCH3 is 1. The van der Waals surface area contributed by atoms with Gasteiger partial charge in [0.25, 0.3) is 0 Å². The molecule has 0 amide bonds. The van der Waals surface area contributed by atoms with Gasteiger partial charge in [0, 0.05) is 7.11 Å². The van der Waals surface area contributed by atoms with E-state index in [4.69, 9.17) is 9.47 Å². The van der Waals surface area contributed by atoms with Crippen molar-refractivity contribution in [3.8, 4) is 0 Å². The highest BCUT2D eigenvalue weighted by Crippen LogP contribution is 2.03. The Bertz CT molecular complexity index is 88.5. The predicted molar refractivity (Wildman–Crippen MR) is 30.5 cm³/mol. The number of ether oxygens (including phenoxy) is 2. The van der Waals surface area contributed by atoms with Gasteiger partial charge in [0.15, 0.2) is 6.29 Å². The molecule has 1 rings (SSSR count). The van der Waals surface area contributed by atoms with Crippen molar-refractivity contribution in [1.82, 2.24) is 0 Å². The van der Waals surface area contributed by atoms with Crippen molar-refractivity contribution in [2.24, 2.45) is 0 Å². The molecule has 0 N–H and O–H groups in total. The molecule has 0 aliphatic carbocycles. The second kappa shape index (κ2) is 2.84. The van der Waals surface area contributed by atoms with Gasteiger partial charge in [-0.05, 0) is 12.5 Å². The van der Waals surface area contributed by atoms with E-state index < -0.39 is 0 Å². The van der Waals surface area contributed by atoms with E-state index in [-0.39, 0.29) is 6.29 Å². The van der Waals surface area contributed by atoms with Gasteiger partial charge < -0.3 is 9.47 Å². The van der Waals surface area contributed by atoms with Crippen molar-refractivity contribution >= 4 is 0 Å². The van der Waals surface area contributed by atoms with Crippen LogP contribution in [0.5, 0.6) is 0 Å². The Morgan fingerprint density at radius 2 is 2.62 bits per heavy atom. The maximum Gasteiger partial charge on any atom is 0.176 e. The summed E-state index contributed by atoms with van der Waals surface area (Å²) in [6.45, 7) is 0.787. The summed E-state index contributed by atoms with van der Waals surface area (Å²) < 4.78 is 10.0. The van der Waals surface area contributed by atoms with Crippen LogP contribution in [0.15, 0.2) is 12.2 Å². The zero-order valence-corrected chi connectivity index (χ0v) is 4.96. The minimum Gasteiger partial charge on any atom is -0.352 e. The molecule has 0 bridgehead atoms. The molecular weight excluding hydrogens is 104 g/mol. The van der Waals surface area contributed by atoms with Gasteiger partial charge in [0.05, 0.1) is 6.61 Å². The summed E-state index contributed by atoms with van der Waals surface area (Å²) in [7, 11) is 1.64. The normalized spacial score (nSPS) is 28.4. The van der Waals surface area contributed by atoms with Gasteiger partial charge >= 0.3 is 0 Å². The molecule has 1 atom stereocenters. The summed E-state index contributed by atoms with van der Waals surface area (Å²) in [4.78, 5) is 0. The van der Waals surface area contributed by atoms with Gasteiger partial charge in [-0.1, -0.05) is 6.08 Å². The Morgan fingerprint density at radius 3 is 3.00 bits per heavy atom. The maximum absolute atomic E-state index is 5.12. The largest absolute Gasteiger partial charge is 0.352 e. The van der Waals surface area contributed by atoms with E-state index in [1.807, 2.05) is 6.08 Å². The summed E-state index contributed by atoms with van der Waals surface area (Å²) in [5, 5.41) is 0. The zero-order chi connectivity index (χ0) is 5.82. The van der Waals surface area contributed by atoms with Crippen LogP contribution in [0.1, 0.15) is 6.42 Å². The first-order valence-corrected chi connectivity index (χ1v) is 2.74. The van der Waals surface area contributed by atoms with Crippen molar-refractivity contribution < 1.29 is 9.47 Å². The molecule has 1 heterocycles. The first-order chi connectivity index (χ1) is 3.93. The minimum atomic E-state index is -0.0938. The molecule has 2 heteroatoms. The van der Waals surface area contributed by atoms with Crippen LogP contribution in [-0.2, 0) is 9.47 Å². The monoisotopic (exact) mass is 114 g/mol. The summed E-state index contributed by atoms with van der Waals surface area (Å²) in [5.74, 6) is 0. The fraction of sp³-hybridized carbons (Fsp3) is 0.667. The Morgan fingerprint density at radius 1 is 1.75 bits per heavy atom. The highest BCUT2D eigenvalue weighted by Gasteiger charge is 2.03. The van der Waals surface area contributed by atoms with Crippen molar-refractivity contribution in [2.75, 3.05) is 13.7 Å². The van der Waals surface area contributed by atoms with Gasteiger partial charge in [0.1, 0.15) is 0 Å². The standard InChI is InChI=1S/C6H10O2/c1-7-6-4-2-3-5-8-6/h2,4,6H,3,5H2,1H3. The lowest BCUT2D eigenvalue weighted by atomic mass is 10.3. The number of hydrogen-bond donors (Lipinski definition) is 0. The first kappa shape index (κ1) is 5.79. The summed E-state index contributed by atoms with van der Waals surface area (Å²) in [6, 6.07) is 0. The van der Waals surface area contributed by atoms with Crippen LogP contribution in [0.3, 0.4) is 0 Å². The Balaban J connectivity index is 2.32. The lowest BCUT2D eigenvalue weighted by Crippen LogP contribution is -2.15. The molecule has 2 nitrogen and oxygen atoms in total. The summed E-state index contributed by atoms with van der Waals surface area (Å²) in [5.41, 5.74) is 0. The SMILES string of the molecule is COC1C=CCCO1. The van der Waals surface area contributed by atoms with Crippen LogP contribution in [-0.4, -0.2) is 20.0 Å². The smallest absolute Gasteiger partial charge is 0.176 e. The second-order valence-corrected chi connectivity index (χ2v) is 1.69. The molecule has 8 heavy (non-hydrogen) atoms. The molecule has 0 saturated heterocycles. The molecule has 0 fully saturated rings. The van der Waals surface area contributed by atoms with Crippen LogP contribution < -0.4 is 0 Å². The average Bonchev–Trinajstić information content (AvgIpc) is 1.90. The van der Waals surface area contributed by atoms with Gasteiger partial charge in [-0.25, -0.2) is 0 Å². The van der Waals surface area contributed by atoms with Crippen LogP contribution in [0.25, 0.3) is 0 Å². The summed E-state index contributed by atoms with van der Waals surface area (Å²) >= 11 is 0. The third kappa shape index (κ3) is 1.32. The van der Waals surface area contributed by atoms with E-state index >= 15 is 0 Å². The number of rotatable bonds is 1. The third-order valence-electron chi connectivity index (χ3n) is 1.09. The third-order valence-corrected chi connectivity index (χ3v) is 1.09. The molecule has 0 aromatic carbocycles. The van der Waals surface area contributed by atoms with Gasteiger partial charge in [-0.2, -0.15) is 0 Å². The minimum absolute atomic E-state index is 0.0938. The fourth-order valence-electron chi connectivity index (χ4n) is 0.662. The lowest BCUT2D eigenvalue weighted by molar-refractivity contribution is -0.0945. The molecule has 1 aliphatic heterocycles. The molecule has 1 unspecified atom stereocenters. The van der Waals surface area contributed by atoms with Crippen molar-refractivity contribution in [1.29, 1.82) is 0 Å². The maximum atomic E-state index is 5.12. The molecular formula is C6H10O2. The zero-order valence-electron chi connectivity index (χ0n) is 4.96. The van der Waals surface area contributed by atoms with Crippen LogP contribution >= 0.6 is 0 Å². The van der Waals surface area contributed by atoms with Gasteiger partial charge in [0.2, 0.25) is 0 Å². The molecule has 0 aromatic rings. The Hall–Kier alpha value is -0.340. The van der Waals surface area contributed by atoms with Crippen LogP contribution in [0.2, 0.25) is 0 Å². The molecule has 1 aliphatic rings. The second-order valence-electron chi connectivity index (χ2n) is 1.69. The molecule has 0 radical (unpaired) electrons. The quantitative estimate of drug-likeness (QED) is 0.472. The van der Waals surface area contributed by atoms with Crippen molar-refractivity contribution in [3.05, 3.63) is 12.2 Å². The average molecular weight is 114 g/mol. The first-order valence-electron chi connectivity index (χ1n) is 2.74.